The molecule has 1 aliphatic heterocycles. The average Bonchev–Trinajstić information content (AvgIpc) is 3.15. The van der Waals surface area contributed by atoms with Gasteiger partial charge in [-0.15, -0.1) is 0 Å². The summed E-state index contributed by atoms with van der Waals surface area (Å²) in [7, 11) is 0. The lowest BCUT2D eigenvalue weighted by Crippen LogP contribution is -2.37. The molecule has 0 saturated carbocycles. The van der Waals surface area contributed by atoms with E-state index in [2.05, 4.69) is 10.6 Å². The normalized spacial score (nSPS) is 16.4. The second-order valence-corrected chi connectivity index (χ2v) is 7.11. The van der Waals surface area contributed by atoms with Crippen LogP contribution in [-0.2, 0) is 0 Å². The van der Waals surface area contributed by atoms with Crippen LogP contribution < -0.4 is 10.6 Å². The molecule has 8 heteroatoms. The topological polar surface area (TPSA) is 84.3 Å². The van der Waals surface area contributed by atoms with E-state index < -0.39 is 4.92 Å². The maximum absolute atomic E-state index is 13.0. The fourth-order valence-corrected chi connectivity index (χ4v) is 3.67. The molecule has 1 fully saturated rings. The lowest BCUT2D eigenvalue weighted by atomic mass is 10.1. The molecule has 1 amide bonds. The van der Waals surface area contributed by atoms with Gasteiger partial charge in [0.1, 0.15) is 5.82 Å². The van der Waals surface area contributed by atoms with Crippen molar-refractivity contribution in [2.75, 3.05) is 13.1 Å². The Kier molecular flexibility index (Phi) is 5.85. The molecular formula is C18H18FN3O3S. The van der Waals surface area contributed by atoms with E-state index in [1.54, 1.807) is 24.3 Å². The Balaban J connectivity index is 1.74. The number of rotatable bonds is 6. The first-order chi connectivity index (χ1) is 12.5. The van der Waals surface area contributed by atoms with Gasteiger partial charge in [0.15, 0.2) is 0 Å². The van der Waals surface area contributed by atoms with E-state index in [9.17, 15) is 19.3 Å². The molecule has 0 radical (unpaired) electrons. The highest BCUT2D eigenvalue weighted by Crippen LogP contribution is 2.35. The van der Waals surface area contributed by atoms with Crippen LogP contribution in [-0.4, -0.2) is 30.0 Å². The fraction of sp³-hybridized carbons (Fsp3) is 0.278. The number of hydrogen-bond acceptors (Lipinski definition) is 5. The second kappa shape index (κ2) is 8.29. The smallest absolute Gasteiger partial charge is 0.284 e. The number of hydrogen-bond donors (Lipinski definition) is 2. The summed E-state index contributed by atoms with van der Waals surface area (Å²) in [5, 5.41) is 17.5. The van der Waals surface area contributed by atoms with Gasteiger partial charge in [-0.25, -0.2) is 4.39 Å². The highest BCUT2D eigenvalue weighted by Gasteiger charge is 2.20. The molecule has 1 aliphatic rings. The molecule has 136 valence electrons. The van der Waals surface area contributed by atoms with Crippen molar-refractivity contribution < 1.29 is 14.1 Å². The zero-order valence-electron chi connectivity index (χ0n) is 13.9. The van der Waals surface area contributed by atoms with Crippen molar-refractivity contribution >= 4 is 23.4 Å². The predicted octanol–water partition coefficient (Wildman–Crippen LogP) is 3.37. The number of halogens is 1. The van der Waals surface area contributed by atoms with E-state index in [1.165, 1.54) is 18.2 Å². The first-order valence-electron chi connectivity index (χ1n) is 8.26. The molecule has 1 unspecified atom stereocenters. The summed E-state index contributed by atoms with van der Waals surface area (Å²) < 4.78 is 13.0. The van der Waals surface area contributed by atoms with Crippen molar-refractivity contribution in [1.82, 2.24) is 10.6 Å². The van der Waals surface area contributed by atoms with Crippen molar-refractivity contribution in [3.8, 4) is 0 Å². The molecule has 0 spiro atoms. The van der Waals surface area contributed by atoms with Crippen LogP contribution in [0.15, 0.2) is 52.3 Å². The maximum Gasteiger partial charge on any atom is 0.284 e. The standard InChI is InChI=1S/C18H18FN3O3S/c19-13-4-6-15(7-5-13)26-17-8-3-12(10-16(17)22(24)25)18(23)21-11-14-2-1-9-20-14/h3-8,10,14,20H,1-2,9,11H2,(H,21,23). The minimum atomic E-state index is -0.513. The summed E-state index contributed by atoms with van der Waals surface area (Å²) in [4.78, 5) is 24.2. The van der Waals surface area contributed by atoms with Gasteiger partial charge in [-0.05, 0) is 55.8 Å². The number of nitrogens with one attached hydrogen (secondary N) is 2. The summed E-state index contributed by atoms with van der Waals surface area (Å²) in [5.41, 5.74) is 0.101. The second-order valence-electron chi connectivity index (χ2n) is 6.00. The minimum absolute atomic E-state index is 0.147. The first-order valence-corrected chi connectivity index (χ1v) is 9.08. The van der Waals surface area contributed by atoms with Crippen LogP contribution >= 0.6 is 11.8 Å². The number of nitro groups is 1. The first kappa shape index (κ1) is 18.3. The number of nitrogens with zero attached hydrogens (tertiary/aromatic N) is 1. The number of amides is 1. The fourth-order valence-electron chi connectivity index (χ4n) is 2.77. The molecule has 26 heavy (non-hydrogen) atoms. The Bertz CT molecular complexity index is 808. The molecule has 0 aliphatic carbocycles. The van der Waals surface area contributed by atoms with E-state index in [0.717, 1.165) is 31.1 Å². The van der Waals surface area contributed by atoms with E-state index in [1.807, 2.05) is 0 Å². The molecule has 1 heterocycles. The highest BCUT2D eigenvalue weighted by atomic mass is 32.2. The highest BCUT2D eigenvalue weighted by molar-refractivity contribution is 7.99. The maximum atomic E-state index is 13.0. The zero-order valence-corrected chi connectivity index (χ0v) is 14.7. The van der Waals surface area contributed by atoms with E-state index in [4.69, 9.17) is 0 Å². The van der Waals surface area contributed by atoms with Gasteiger partial charge in [-0.2, -0.15) is 0 Å². The Morgan fingerprint density at radius 3 is 2.73 bits per heavy atom. The Labute approximate surface area is 154 Å². The van der Waals surface area contributed by atoms with Gasteiger partial charge in [-0.3, -0.25) is 14.9 Å². The third-order valence-electron chi connectivity index (χ3n) is 4.13. The monoisotopic (exact) mass is 375 g/mol. The van der Waals surface area contributed by atoms with Gasteiger partial charge in [0, 0.05) is 29.1 Å². The lowest BCUT2D eigenvalue weighted by Gasteiger charge is -2.12. The summed E-state index contributed by atoms with van der Waals surface area (Å²) in [6, 6.07) is 10.4. The lowest BCUT2D eigenvalue weighted by molar-refractivity contribution is -0.387. The van der Waals surface area contributed by atoms with E-state index in [-0.39, 0.29) is 29.0 Å². The largest absolute Gasteiger partial charge is 0.350 e. The summed E-state index contributed by atoms with van der Waals surface area (Å²) in [5.74, 6) is -0.701. The van der Waals surface area contributed by atoms with Crippen molar-refractivity contribution in [2.24, 2.45) is 0 Å². The number of benzene rings is 2. The molecule has 3 rings (SSSR count). The van der Waals surface area contributed by atoms with Crippen LogP contribution in [0.3, 0.4) is 0 Å². The van der Waals surface area contributed by atoms with Crippen molar-refractivity contribution in [3.63, 3.8) is 0 Å². The van der Waals surface area contributed by atoms with Crippen molar-refractivity contribution in [1.29, 1.82) is 0 Å². The number of carbonyl (C=O) groups excluding carboxylic acids is 1. The van der Waals surface area contributed by atoms with Crippen LogP contribution in [0.4, 0.5) is 10.1 Å². The van der Waals surface area contributed by atoms with Gasteiger partial charge in [0.2, 0.25) is 0 Å². The molecule has 2 N–H and O–H groups in total. The van der Waals surface area contributed by atoms with Crippen LogP contribution in [0.2, 0.25) is 0 Å². The van der Waals surface area contributed by atoms with Gasteiger partial charge in [0.05, 0.1) is 9.82 Å². The molecule has 1 atom stereocenters. The Morgan fingerprint density at radius 2 is 2.08 bits per heavy atom. The molecule has 1 saturated heterocycles. The Hall–Kier alpha value is -2.45. The molecule has 6 nitrogen and oxygen atoms in total. The van der Waals surface area contributed by atoms with Crippen LogP contribution in [0.5, 0.6) is 0 Å². The van der Waals surface area contributed by atoms with Crippen molar-refractivity contribution in [3.05, 3.63) is 64.0 Å². The van der Waals surface area contributed by atoms with Crippen molar-refractivity contribution in [2.45, 2.75) is 28.7 Å². The molecule has 0 aromatic heterocycles. The zero-order chi connectivity index (χ0) is 18.5. The summed E-state index contributed by atoms with van der Waals surface area (Å²) >= 11 is 1.16. The van der Waals surface area contributed by atoms with Crippen LogP contribution in [0.25, 0.3) is 0 Å². The summed E-state index contributed by atoms with van der Waals surface area (Å²) in [6.07, 6.45) is 2.09. The SMILES string of the molecule is O=C(NCC1CCCN1)c1ccc(Sc2ccc(F)cc2)c([N+](=O)[O-])c1. The van der Waals surface area contributed by atoms with Gasteiger partial charge in [0.25, 0.3) is 11.6 Å². The number of carbonyl (C=O) groups is 1. The average molecular weight is 375 g/mol. The van der Waals surface area contributed by atoms with Gasteiger partial charge < -0.3 is 10.6 Å². The third-order valence-corrected chi connectivity index (χ3v) is 5.20. The van der Waals surface area contributed by atoms with E-state index in [0.29, 0.717) is 16.3 Å². The minimum Gasteiger partial charge on any atom is -0.350 e. The summed E-state index contributed by atoms with van der Waals surface area (Å²) in [6.45, 7) is 1.44. The van der Waals surface area contributed by atoms with Gasteiger partial charge in [-0.1, -0.05) is 11.8 Å². The van der Waals surface area contributed by atoms with E-state index >= 15 is 0 Å². The Morgan fingerprint density at radius 1 is 1.31 bits per heavy atom. The predicted molar refractivity (Wildman–Crippen MR) is 97.0 cm³/mol. The van der Waals surface area contributed by atoms with Crippen LogP contribution in [0, 0.1) is 15.9 Å². The molecule has 2 aromatic carbocycles. The molecular weight excluding hydrogens is 357 g/mol. The molecule has 0 bridgehead atoms. The van der Waals surface area contributed by atoms with Crippen LogP contribution in [0.1, 0.15) is 23.2 Å². The molecule has 2 aromatic rings. The third kappa shape index (κ3) is 4.59. The van der Waals surface area contributed by atoms with Gasteiger partial charge >= 0.3 is 0 Å². The quantitative estimate of drug-likeness (QED) is 0.597. The number of nitro benzene ring substituents is 1.